The Labute approximate surface area is 174 Å². The molecular formula is C19H18ClF4N5O. The highest BCUT2D eigenvalue weighted by atomic mass is 35.5. The van der Waals surface area contributed by atoms with Crippen LogP contribution in [0.25, 0.3) is 0 Å². The molecule has 0 saturated heterocycles. The zero-order valence-electron chi connectivity index (χ0n) is 15.8. The van der Waals surface area contributed by atoms with Crippen molar-refractivity contribution in [2.45, 2.75) is 19.5 Å². The first-order valence-corrected chi connectivity index (χ1v) is 9.16. The summed E-state index contributed by atoms with van der Waals surface area (Å²) in [6.07, 6.45) is -3.36. The largest absolute Gasteiger partial charge is 0.416 e. The molecule has 1 aromatic heterocycles. The molecule has 0 atom stereocenters. The van der Waals surface area contributed by atoms with Crippen molar-refractivity contribution in [3.63, 3.8) is 0 Å². The molecule has 6 nitrogen and oxygen atoms in total. The Bertz CT molecular complexity index is 1020. The molecule has 160 valence electrons. The maximum Gasteiger partial charge on any atom is 0.416 e. The van der Waals surface area contributed by atoms with Crippen LogP contribution in [-0.2, 0) is 6.18 Å². The van der Waals surface area contributed by atoms with Crippen LogP contribution in [0.1, 0.15) is 27.9 Å². The van der Waals surface area contributed by atoms with Crippen LogP contribution in [-0.4, -0.2) is 28.9 Å². The Morgan fingerprint density at radius 2 is 1.97 bits per heavy atom. The highest BCUT2D eigenvalue weighted by Crippen LogP contribution is 2.32. The van der Waals surface area contributed by atoms with Crippen LogP contribution in [0.4, 0.5) is 23.4 Å². The van der Waals surface area contributed by atoms with E-state index in [0.29, 0.717) is 11.3 Å². The molecule has 30 heavy (non-hydrogen) atoms. The van der Waals surface area contributed by atoms with Crippen molar-refractivity contribution < 1.29 is 22.4 Å². The summed E-state index contributed by atoms with van der Waals surface area (Å²) in [5.74, 6) is 5.23. The maximum absolute atomic E-state index is 13.4. The van der Waals surface area contributed by atoms with Gasteiger partial charge in [0.05, 0.1) is 24.0 Å². The monoisotopic (exact) mass is 443 g/mol. The van der Waals surface area contributed by atoms with Crippen molar-refractivity contribution in [2.24, 2.45) is 11.6 Å². The Hall–Kier alpha value is -2.85. The highest BCUT2D eigenvalue weighted by Gasteiger charge is 2.33. The number of pyridine rings is 1. The fourth-order valence-corrected chi connectivity index (χ4v) is 3.31. The maximum atomic E-state index is 13.4. The topological polar surface area (TPSA) is 88.5 Å². The molecule has 1 amide bonds. The minimum Gasteiger partial charge on any atom is -0.399 e. The molecule has 2 heterocycles. The van der Waals surface area contributed by atoms with Crippen molar-refractivity contribution >= 4 is 23.3 Å². The minimum atomic E-state index is -4.63. The minimum absolute atomic E-state index is 0.0457. The van der Waals surface area contributed by atoms with Gasteiger partial charge in [-0.15, -0.1) is 0 Å². The van der Waals surface area contributed by atoms with E-state index in [2.05, 4.69) is 4.98 Å². The smallest absolute Gasteiger partial charge is 0.399 e. The first-order chi connectivity index (χ1) is 14.0. The molecule has 3 rings (SSSR count). The number of carbonyl (C=O) groups is 1. The molecule has 11 heteroatoms. The third-order valence-electron chi connectivity index (χ3n) is 4.68. The van der Waals surface area contributed by atoms with Crippen molar-refractivity contribution in [1.82, 2.24) is 9.88 Å². The number of aryl methyl sites for hydroxylation is 1. The van der Waals surface area contributed by atoms with Crippen LogP contribution < -0.4 is 16.6 Å². The number of rotatable bonds is 3. The Morgan fingerprint density at radius 1 is 1.27 bits per heavy atom. The molecule has 1 aliphatic rings. The molecule has 0 fully saturated rings. The van der Waals surface area contributed by atoms with Crippen molar-refractivity contribution in [3.05, 3.63) is 69.4 Å². The van der Waals surface area contributed by atoms with E-state index >= 15 is 0 Å². The summed E-state index contributed by atoms with van der Waals surface area (Å²) in [5, 5.41) is 1.02. The van der Waals surface area contributed by atoms with E-state index in [-0.39, 0.29) is 41.6 Å². The second-order valence-electron chi connectivity index (χ2n) is 6.84. The SMILES string of the molecule is Cc1cc(N(N)C2=C(N)CN(C(=O)c3cc(Cl)cc(C(F)(F)F)c3)CC2)ncc1F. The average molecular weight is 444 g/mol. The molecular weight excluding hydrogens is 426 g/mol. The highest BCUT2D eigenvalue weighted by molar-refractivity contribution is 6.31. The van der Waals surface area contributed by atoms with E-state index in [9.17, 15) is 22.4 Å². The normalized spacial score (nSPS) is 14.8. The number of aromatic nitrogens is 1. The van der Waals surface area contributed by atoms with Gasteiger partial charge in [0, 0.05) is 29.2 Å². The first kappa shape index (κ1) is 21.8. The van der Waals surface area contributed by atoms with Gasteiger partial charge >= 0.3 is 6.18 Å². The van der Waals surface area contributed by atoms with Crippen LogP contribution >= 0.6 is 11.6 Å². The number of alkyl halides is 3. The number of hydrogen-bond donors (Lipinski definition) is 2. The van der Waals surface area contributed by atoms with Gasteiger partial charge < -0.3 is 10.6 Å². The van der Waals surface area contributed by atoms with Crippen LogP contribution in [0.2, 0.25) is 5.02 Å². The number of hydrazine groups is 1. The Kier molecular flexibility index (Phi) is 5.91. The summed E-state index contributed by atoms with van der Waals surface area (Å²) in [6.45, 7) is 1.68. The summed E-state index contributed by atoms with van der Waals surface area (Å²) in [6, 6.07) is 4.14. The number of nitrogens with two attached hydrogens (primary N) is 2. The lowest BCUT2D eigenvalue weighted by Gasteiger charge is -2.33. The fraction of sp³-hybridized carbons (Fsp3) is 0.263. The van der Waals surface area contributed by atoms with Crippen LogP contribution in [0.5, 0.6) is 0 Å². The van der Waals surface area contributed by atoms with Gasteiger partial charge in [0.15, 0.2) is 0 Å². The van der Waals surface area contributed by atoms with E-state index in [1.54, 1.807) is 6.92 Å². The van der Waals surface area contributed by atoms with Crippen LogP contribution in [0, 0.1) is 12.7 Å². The van der Waals surface area contributed by atoms with Gasteiger partial charge in [-0.2, -0.15) is 13.2 Å². The number of benzene rings is 1. The molecule has 1 aliphatic heterocycles. The van der Waals surface area contributed by atoms with Crippen molar-refractivity contribution in [2.75, 3.05) is 18.1 Å². The molecule has 1 aromatic carbocycles. The number of anilines is 1. The average Bonchev–Trinajstić information content (AvgIpc) is 2.67. The van der Waals surface area contributed by atoms with Gasteiger partial charge in [-0.1, -0.05) is 11.6 Å². The lowest BCUT2D eigenvalue weighted by molar-refractivity contribution is -0.137. The van der Waals surface area contributed by atoms with Gasteiger partial charge in [0.1, 0.15) is 11.6 Å². The van der Waals surface area contributed by atoms with Crippen LogP contribution in [0.15, 0.2) is 41.9 Å². The van der Waals surface area contributed by atoms with Gasteiger partial charge in [-0.05, 0) is 36.8 Å². The molecule has 0 unspecified atom stereocenters. The van der Waals surface area contributed by atoms with Crippen molar-refractivity contribution in [1.29, 1.82) is 0 Å². The van der Waals surface area contributed by atoms with Gasteiger partial charge in [-0.25, -0.2) is 15.2 Å². The summed E-state index contributed by atoms with van der Waals surface area (Å²) in [5.41, 5.74) is 5.96. The van der Waals surface area contributed by atoms with E-state index in [0.717, 1.165) is 18.3 Å². The van der Waals surface area contributed by atoms with E-state index in [1.807, 2.05) is 0 Å². The number of nitrogens with zero attached hydrogens (tertiary/aromatic N) is 3. The molecule has 0 bridgehead atoms. The Balaban J connectivity index is 1.82. The number of halogens is 5. The van der Waals surface area contributed by atoms with E-state index < -0.39 is 23.5 Å². The van der Waals surface area contributed by atoms with Gasteiger partial charge in [0.2, 0.25) is 0 Å². The summed E-state index contributed by atoms with van der Waals surface area (Å²) >= 11 is 5.76. The number of amides is 1. The lowest BCUT2D eigenvalue weighted by Crippen LogP contribution is -2.44. The van der Waals surface area contributed by atoms with Gasteiger partial charge in [0.25, 0.3) is 5.91 Å². The fourth-order valence-electron chi connectivity index (χ4n) is 3.08. The van der Waals surface area contributed by atoms with Crippen molar-refractivity contribution in [3.8, 4) is 0 Å². The summed E-state index contributed by atoms with van der Waals surface area (Å²) in [7, 11) is 0. The third-order valence-corrected chi connectivity index (χ3v) is 4.90. The number of carbonyl (C=O) groups excluding carboxylic acids is 1. The molecule has 0 spiro atoms. The quantitative estimate of drug-likeness (QED) is 0.430. The molecule has 0 aliphatic carbocycles. The first-order valence-electron chi connectivity index (χ1n) is 8.79. The predicted molar refractivity (Wildman–Crippen MR) is 104 cm³/mol. The lowest BCUT2D eigenvalue weighted by atomic mass is 10.1. The zero-order valence-corrected chi connectivity index (χ0v) is 16.6. The zero-order chi connectivity index (χ0) is 22.2. The number of hydrogen-bond acceptors (Lipinski definition) is 5. The standard InChI is InChI=1S/C19H18ClF4N5O/c1-10-4-17(27-8-14(10)21)29(26)16-2-3-28(9-15(16)25)18(30)11-5-12(19(22,23)24)7-13(20)6-11/h4-8H,2-3,9,25-26H2,1H3. The van der Waals surface area contributed by atoms with E-state index in [1.165, 1.54) is 22.0 Å². The second-order valence-corrected chi connectivity index (χ2v) is 7.27. The summed E-state index contributed by atoms with van der Waals surface area (Å²) < 4.78 is 52.5. The Morgan fingerprint density at radius 3 is 2.57 bits per heavy atom. The van der Waals surface area contributed by atoms with Crippen LogP contribution in [0.3, 0.4) is 0 Å². The molecule has 2 aromatic rings. The molecule has 0 saturated carbocycles. The molecule has 4 N–H and O–H groups in total. The van der Waals surface area contributed by atoms with Gasteiger partial charge in [-0.3, -0.25) is 9.80 Å². The van der Waals surface area contributed by atoms with E-state index in [4.69, 9.17) is 23.2 Å². The summed E-state index contributed by atoms with van der Waals surface area (Å²) in [4.78, 5) is 18.0. The second kappa shape index (κ2) is 8.11. The third kappa shape index (κ3) is 4.49. The molecule has 0 radical (unpaired) electrons. The predicted octanol–water partition coefficient (Wildman–Crippen LogP) is 3.60.